The van der Waals surface area contributed by atoms with Crippen LogP contribution in [0.2, 0.25) is 0 Å². The average molecular weight is 344 g/mol. The van der Waals surface area contributed by atoms with Crippen LogP contribution in [0.25, 0.3) is 0 Å². The van der Waals surface area contributed by atoms with Gasteiger partial charge >= 0.3 is 0 Å². The minimum absolute atomic E-state index is 0.00339. The molecule has 108 valence electrons. The molecule has 0 radical (unpaired) electrons. The molecular formula is C18H18BrNO. The van der Waals surface area contributed by atoms with E-state index in [2.05, 4.69) is 47.2 Å². The smallest absolute Gasteiger partial charge is 0.187 e. The highest BCUT2D eigenvalue weighted by Gasteiger charge is 2.03. The highest BCUT2D eigenvalue weighted by molar-refractivity contribution is 9.10. The number of rotatable bonds is 4. The maximum absolute atomic E-state index is 12.1. The monoisotopic (exact) mass is 343 g/mol. The third-order valence-electron chi connectivity index (χ3n) is 3.32. The summed E-state index contributed by atoms with van der Waals surface area (Å²) in [5.74, 6) is -0.00339. The van der Waals surface area contributed by atoms with Gasteiger partial charge in [-0.05, 0) is 68.3 Å². The molecule has 21 heavy (non-hydrogen) atoms. The highest BCUT2D eigenvalue weighted by atomic mass is 79.9. The molecule has 0 bridgehead atoms. The summed E-state index contributed by atoms with van der Waals surface area (Å²) in [5.41, 5.74) is 4.99. The van der Waals surface area contributed by atoms with E-state index in [1.807, 2.05) is 37.3 Å². The molecule has 0 heterocycles. The van der Waals surface area contributed by atoms with Gasteiger partial charge in [-0.1, -0.05) is 22.0 Å². The van der Waals surface area contributed by atoms with E-state index in [9.17, 15) is 4.79 Å². The maximum Gasteiger partial charge on any atom is 0.187 e. The minimum Gasteiger partial charge on any atom is -0.359 e. The molecule has 2 aromatic rings. The summed E-state index contributed by atoms with van der Waals surface area (Å²) in [5, 5.41) is 3.25. The molecule has 1 N–H and O–H groups in total. The molecule has 0 unspecified atom stereocenters. The van der Waals surface area contributed by atoms with Gasteiger partial charge in [-0.15, -0.1) is 0 Å². The van der Waals surface area contributed by atoms with E-state index >= 15 is 0 Å². The number of aryl methyl sites for hydroxylation is 2. The molecule has 0 spiro atoms. The average Bonchev–Trinajstić information content (AvgIpc) is 2.43. The Bertz CT molecular complexity index is 687. The second-order valence-corrected chi connectivity index (χ2v) is 6.04. The van der Waals surface area contributed by atoms with Crippen LogP contribution in [0.4, 0.5) is 5.69 Å². The van der Waals surface area contributed by atoms with Crippen LogP contribution in [0.5, 0.6) is 0 Å². The lowest BCUT2D eigenvalue weighted by Crippen LogP contribution is -2.01. The van der Waals surface area contributed by atoms with Crippen LogP contribution in [-0.4, -0.2) is 5.78 Å². The number of halogens is 1. The van der Waals surface area contributed by atoms with E-state index in [0.717, 1.165) is 15.9 Å². The molecule has 0 saturated carbocycles. The first-order chi connectivity index (χ1) is 9.95. The first-order valence-corrected chi connectivity index (χ1v) is 7.57. The fraction of sp³-hybridized carbons (Fsp3) is 0.167. The van der Waals surface area contributed by atoms with Crippen molar-refractivity contribution in [3.63, 3.8) is 0 Å². The molecule has 0 amide bonds. The number of carbonyl (C=O) groups is 1. The Kier molecular flexibility index (Phi) is 4.97. The summed E-state index contributed by atoms with van der Waals surface area (Å²) in [6.07, 6.45) is 1.62. The Morgan fingerprint density at radius 2 is 1.71 bits per heavy atom. The fourth-order valence-electron chi connectivity index (χ4n) is 1.98. The normalized spacial score (nSPS) is 11.3. The minimum atomic E-state index is -0.00339. The first-order valence-electron chi connectivity index (χ1n) is 6.78. The topological polar surface area (TPSA) is 29.1 Å². The third kappa shape index (κ3) is 4.30. The Morgan fingerprint density at radius 1 is 1.05 bits per heavy atom. The van der Waals surface area contributed by atoms with Gasteiger partial charge < -0.3 is 5.32 Å². The predicted molar refractivity (Wildman–Crippen MR) is 91.8 cm³/mol. The molecule has 0 aliphatic heterocycles. The predicted octanol–water partition coefficient (Wildman–Crippen LogP) is 5.26. The number of nitrogens with one attached hydrogen (secondary N) is 1. The Hall–Kier alpha value is -1.87. The van der Waals surface area contributed by atoms with Gasteiger partial charge in [0, 0.05) is 27.5 Å². The summed E-state index contributed by atoms with van der Waals surface area (Å²) < 4.78 is 0.966. The molecular weight excluding hydrogens is 326 g/mol. The van der Waals surface area contributed by atoms with Gasteiger partial charge in [0.15, 0.2) is 5.78 Å². The van der Waals surface area contributed by atoms with Gasteiger partial charge in [0.2, 0.25) is 0 Å². The summed E-state index contributed by atoms with van der Waals surface area (Å²) in [6, 6.07) is 13.5. The molecule has 0 atom stereocenters. The van der Waals surface area contributed by atoms with Crippen LogP contribution in [0, 0.1) is 13.8 Å². The van der Waals surface area contributed by atoms with Crippen molar-refractivity contribution in [2.24, 2.45) is 0 Å². The summed E-state index contributed by atoms with van der Waals surface area (Å²) in [6.45, 7) is 6.05. The molecule has 0 saturated heterocycles. The van der Waals surface area contributed by atoms with Crippen molar-refractivity contribution in [3.05, 3.63) is 75.4 Å². The van der Waals surface area contributed by atoms with Gasteiger partial charge in [0.25, 0.3) is 0 Å². The van der Waals surface area contributed by atoms with Gasteiger partial charge in [0.1, 0.15) is 0 Å². The number of anilines is 1. The fourth-order valence-corrected chi connectivity index (χ4v) is 2.24. The molecule has 2 nitrogen and oxygen atoms in total. The lowest BCUT2D eigenvalue weighted by molar-refractivity contribution is 0.104. The lowest BCUT2D eigenvalue weighted by atomic mass is 10.1. The second kappa shape index (κ2) is 6.72. The summed E-state index contributed by atoms with van der Waals surface area (Å²) >= 11 is 3.36. The number of hydrogen-bond donors (Lipinski definition) is 1. The molecule has 0 aromatic heterocycles. The zero-order valence-corrected chi connectivity index (χ0v) is 14.0. The zero-order valence-electron chi connectivity index (χ0n) is 12.4. The van der Waals surface area contributed by atoms with Crippen LogP contribution >= 0.6 is 15.9 Å². The summed E-state index contributed by atoms with van der Waals surface area (Å²) in [7, 11) is 0. The molecule has 2 aromatic carbocycles. The SMILES string of the molecule is CC(=CC(=O)c1ccc(Br)cc1)Nc1ccc(C)c(C)c1. The number of carbonyl (C=O) groups excluding carboxylic acids is 1. The first kappa shape index (κ1) is 15.5. The Balaban J connectivity index is 2.11. The van der Waals surface area contributed by atoms with Crippen LogP contribution in [0.1, 0.15) is 28.4 Å². The van der Waals surface area contributed by atoms with Crippen LogP contribution in [0.3, 0.4) is 0 Å². The van der Waals surface area contributed by atoms with Crippen molar-refractivity contribution in [2.75, 3.05) is 5.32 Å². The zero-order chi connectivity index (χ0) is 15.4. The van der Waals surface area contributed by atoms with Crippen molar-refractivity contribution in [1.29, 1.82) is 0 Å². The standard InChI is InChI=1S/C18H18BrNO/c1-12-4-9-17(10-13(12)2)20-14(3)11-18(21)15-5-7-16(19)8-6-15/h4-11,20H,1-3H3. The van der Waals surface area contributed by atoms with Crippen LogP contribution in [-0.2, 0) is 0 Å². The molecule has 3 heteroatoms. The number of benzene rings is 2. The third-order valence-corrected chi connectivity index (χ3v) is 3.85. The quantitative estimate of drug-likeness (QED) is 0.605. The van der Waals surface area contributed by atoms with Gasteiger partial charge in [0.05, 0.1) is 0 Å². The maximum atomic E-state index is 12.1. The van der Waals surface area contributed by atoms with E-state index in [1.165, 1.54) is 11.1 Å². The van der Waals surface area contributed by atoms with Crippen molar-refractivity contribution in [1.82, 2.24) is 0 Å². The van der Waals surface area contributed by atoms with Crippen molar-refractivity contribution in [2.45, 2.75) is 20.8 Å². The van der Waals surface area contributed by atoms with Crippen molar-refractivity contribution in [3.8, 4) is 0 Å². The van der Waals surface area contributed by atoms with E-state index in [0.29, 0.717) is 5.56 Å². The van der Waals surface area contributed by atoms with Crippen molar-refractivity contribution >= 4 is 27.4 Å². The van der Waals surface area contributed by atoms with Crippen molar-refractivity contribution < 1.29 is 4.79 Å². The molecule has 0 aliphatic carbocycles. The Morgan fingerprint density at radius 3 is 2.33 bits per heavy atom. The number of ketones is 1. The van der Waals surface area contributed by atoms with E-state index < -0.39 is 0 Å². The van der Waals surface area contributed by atoms with E-state index in [-0.39, 0.29) is 5.78 Å². The van der Waals surface area contributed by atoms with Gasteiger partial charge in [-0.25, -0.2) is 0 Å². The van der Waals surface area contributed by atoms with Crippen LogP contribution in [0.15, 0.2) is 58.7 Å². The molecule has 0 fully saturated rings. The highest BCUT2D eigenvalue weighted by Crippen LogP contribution is 2.16. The summed E-state index contributed by atoms with van der Waals surface area (Å²) in [4.78, 5) is 12.1. The van der Waals surface area contributed by atoms with Gasteiger partial charge in [-0.2, -0.15) is 0 Å². The molecule has 0 aliphatic rings. The van der Waals surface area contributed by atoms with Gasteiger partial charge in [-0.3, -0.25) is 4.79 Å². The van der Waals surface area contributed by atoms with Crippen LogP contribution < -0.4 is 5.32 Å². The number of allylic oxidation sites excluding steroid dienone is 2. The van der Waals surface area contributed by atoms with E-state index in [1.54, 1.807) is 6.08 Å². The molecule has 2 rings (SSSR count). The number of hydrogen-bond acceptors (Lipinski definition) is 2. The Labute approximate surface area is 134 Å². The lowest BCUT2D eigenvalue weighted by Gasteiger charge is -2.09. The second-order valence-electron chi connectivity index (χ2n) is 5.12. The van der Waals surface area contributed by atoms with E-state index in [4.69, 9.17) is 0 Å². The largest absolute Gasteiger partial charge is 0.359 e.